The van der Waals surface area contributed by atoms with Gasteiger partial charge in [-0.3, -0.25) is 40.9 Å². The maximum atomic E-state index is 12.5. The summed E-state index contributed by atoms with van der Waals surface area (Å²) < 4.78 is 12.6. The summed E-state index contributed by atoms with van der Waals surface area (Å²) in [5, 5.41) is 3.93. The maximum Gasteiger partial charge on any atom is 0.276 e. The quantitative estimate of drug-likeness (QED) is 0.163. The molecule has 0 bridgehead atoms. The lowest BCUT2D eigenvalue weighted by atomic mass is 10.1. The minimum Gasteiger partial charge on any atom is -0.483 e. The van der Waals surface area contributed by atoms with Crippen molar-refractivity contribution in [1.29, 1.82) is 0 Å². The highest BCUT2D eigenvalue weighted by Gasteiger charge is 2.13. The van der Waals surface area contributed by atoms with Gasteiger partial charge in [-0.05, 0) is 89.8 Å². The lowest BCUT2D eigenvalue weighted by molar-refractivity contribution is -0.124. The van der Waals surface area contributed by atoms with Gasteiger partial charge in [0.25, 0.3) is 23.6 Å². The Morgan fingerprint density at radius 1 is 0.500 bits per heavy atom. The van der Waals surface area contributed by atoms with E-state index in [4.69, 9.17) is 9.47 Å². The molecule has 0 heterocycles. The minimum atomic E-state index is -0.595. The van der Waals surface area contributed by atoms with E-state index in [0.717, 1.165) is 30.5 Å². The van der Waals surface area contributed by atoms with Crippen LogP contribution in [0.15, 0.2) is 106 Å². The van der Waals surface area contributed by atoms with Crippen LogP contribution in [-0.4, -0.2) is 36.8 Å². The number of carbonyl (C=O) groups is 4. The number of hydrogen-bond donors (Lipinski definition) is 4. The van der Waals surface area contributed by atoms with Crippen LogP contribution in [0.5, 0.6) is 11.5 Å². The predicted octanol–water partition coefficient (Wildman–Crippen LogP) is 5.20. The van der Waals surface area contributed by atoms with E-state index in [2.05, 4.69) is 53.6 Å². The van der Waals surface area contributed by atoms with Crippen LogP contribution in [-0.2, 0) is 9.59 Å². The highest BCUT2D eigenvalue weighted by Crippen LogP contribution is 2.34. The molecule has 222 valence electrons. The number of rotatable bonds is 8. The smallest absolute Gasteiger partial charge is 0.276 e. The first kappa shape index (κ1) is 30.5. The van der Waals surface area contributed by atoms with Gasteiger partial charge in [0.2, 0.25) is 0 Å². The Balaban J connectivity index is 1.04. The molecule has 0 saturated heterocycles. The number of hydrogen-bond acceptors (Lipinski definition) is 6. The molecule has 0 radical (unpaired) electrons. The van der Waals surface area contributed by atoms with Gasteiger partial charge in [0.05, 0.1) is 8.95 Å². The van der Waals surface area contributed by atoms with Crippen LogP contribution in [0, 0.1) is 0 Å². The molecule has 4 N–H and O–H groups in total. The van der Waals surface area contributed by atoms with E-state index in [1.165, 1.54) is 24.3 Å². The lowest BCUT2D eigenvalue weighted by Crippen LogP contribution is -2.44. The highest BCUT2D eigenvalue weighted by atomic mass is 79.9. The van der Waals surface area contributed by atoms with E-state index in [9.17, 15) is 19.2 Å². The van der Waals surface area contributed by atoms with Crippen molar-refractivity contribution in [1.82, 2.24) is 21.7 Å². The highest BCUT2D eigenvalue weighted by molar-refractivity contribution is 9.11. The van der Waals surface area contributed by atoms with Crippen LogP contribution in [0.3, 0.4) is 0 Å². The Morgan fingerprint density at radius 3 is 1.30 bits per heavy atom. The Morgan fingerprint density at radius 2 is 0.886 bits per heavy atom. The molecule has 5 aromatic rings. The van der Waals surface area contributed by atoms with E-state index in [0.29, 0.717) is 11.5 Å². The Kier molecular flexibility index (Phi) is 9.72. The molecule has 5 aromatic carbocycles. The summed E-state index contributed by atoms with van der Waals surface area (Å²) in [7, 11) is 0. The molecular formula is C32H24Br2N4O6. The molecule has 0 unspecified atom stereocenters. The van der Waals surface area contributed by atoms with Gasteiger partial charge in [-0.1, -0.05) is 60.7 Å². The normalized spacial score (nSPS) is 10.6. The van der Waals surface area contributed by atoms with Crippen molar-refractivity contribution in [3.05, 3.63) is 117 Å². The van der Waals surface area contributed by atoms with E-state index < -0.39 is 23.6 Å². The third-order valence-electron chi connectivity index (χ3n) is 6.41. The average Bonchev–Trinajstić information content (AvgIpc) is 3.05. The van der Waals surface area contributed by atoms with Crippen LogP contribution >= 0.6 is 31.9 Å². The van der Waals surface area contributed by atoms with E-state index in [1.807, 2.05) is 60.7 Å². The third kappa shape index (κ3) is 7.33. The number of amides is 4. The molecule has 0 aromatic heterocycles. The average molecular weight is 720 g/mol. The fourth-order valence-electron chi connectivity index (χ4n) is 4.18. The van der Waals surface area contributed by atoms with Crippen molar-refractivity contribution in [3.8, 4) is 11.5 Å². The van der Waals surface area contributed by atoms with Crippen LogP contribution < -0.4 is 31.2 Å². The van der Waals surface area contributed by atoms with Crippen LogP contribution in [0.4, 0.5) is 0 Å². The number of carbonyl (C=O) groups excluding carboxylic acids is 4. The zero-order valence-corrected chi connectivity index (χ0v) is 26.0. The van der Waals surface area contributed by atoms with Crippen LogP contribution in [0.25, 0.3) is 21.5 Å². The molecule has 4 amide bonds. The molecule has 5 rings (SSSR count). The van der Waals surface area contributed by atoms with Gasteiger partial charge in [0, 0.05) is 11.1 Å². The molecule has 10 nitrogen and oxygen atoms in total. The monoisotopic (exact) mass is 718 g/mol. The van der Waals surface area contributed by atoms with Gasteiger partial charge in [0.1, 0.15) is 11.5 Å². The Hall–Kier alpha value is -4.94. The summed E-state index contributed by atoms with van der Waals surface area (Å²) in [5.74, 6) is -1.35. The molecule has 0 saturated carbocycles. The lowest BCUT2D eigenvalue weighted by Gasteiger charge is -2.12. The molecular weight excluding hydrogens is 696 g/mol. The zero-order chi connectivity index (χ0) is 31.1. The minimum absolute atomic E-state index is 0.193. The summed E-state index contributed by atoms with van der Waals surface area (Å²) in [6.45, 7) is -0.654. The largest absolute Gasteiger partial charge is 0.483 e. The molecule has 0 aliphatic carbocycles. The molecule has 0 aliphatic rings. The van der Waals surface area contributed by atoms with Crippen molar-refractivity contribution in [2.75, 3.05) is 13.2 Å². The summed E-state index contributed by atoms with van der Waals surface area (Å²) in [6, 6.07) is 28.3. The predicted molar refractivity (Wildman–Crippen MR) is 172 cm³/mol. The summed E-state index contributed by atoms with van der Waals surface area (Å²) >= 11 is 7.00. The standard InChI is InChI=1S/C32H24Br2N4O6/c33-29-23-7-3-1-5-19(23)13-15-25(29)43-17-27(39)35-37-31(41)21-9-11-22(12-10-21)32(42)38-36-28(40)18-44-26-16-14-20-6-2-4-8-24(20)30(26)34/h1-16H,17-18H2,(H,35,39)(H,36,40)(H,37,41)(H,38,42). The molecule has 12 heteroatoms. The first-order valence-electron chi connectivity index (χ1n) is 13.2. The van der Waals surface area contributed by atoms with Gasteiger partial charge in [0.15, 0.2) is 13.2 Å². The van der Waals surface area contributed by atoms with Crippen LogP contribution in [0.1, 0.15) is 20.7 Å². The second-order valence-corrected chi connectivity index (χ2v) is 10.9. The van der Waals surface area contributed by atoms with Gasteiger partial charge in [-0.25, -0.2) is 0 Å². The first-order valence-corrected chi connectivity index (χ1v) is 14.8. The number of fused-ring (bicyclic) bond motifs is 2. The molecule has 0 atom stereocenters. The number of halogens is 2. The van der Waals surface area contributed by atoms with Gasteiger partial charge in [-0.15, -0.1) is 0 Å². The molecule has 0 fully saturated rings. The van der Waals surface area contributed by atoms with Crippen molar-refractivity contribution in [3.63, 3.8) is 0 Å². The van der Waals surface area contributed by atoms with Crippen molar-refractivity contribution in [2.45, 2.75) is 0 Å². The van der Waals surface area contributed by atoms with Crippen molar-refractivity contribution in [2.24, 2.45) is 0 Å². The van der Waals surface area contributed by atoms with E-state index in [1.54, 1.807) is 12.1 Å². The number of hydrazine groups is 2. The van der Waals surface area contributed by atoms with Gasteiger partial charge < -0.3 is 9.47 Å². The Bertz CT molecular complexity index is 1740. The first-order chi connectivity index (χ1) is 21.3. The van der Waals surface area contributed by atoms with E-state index >= 15 is 0 Å². The fourth-order valence-corrected chi connectivity index (χ4v) is 5.39. The Labute approximate surface area is 268 Å². The maximum absolute atomic E-state index is 12.5. The molecule has 0 spiro atoms. The molecule has 0 aliphatic heterocycles. The summed E-state index contributed by atoms with van der Waals surface area (Å²) in [6.07, 6.45) is 0. The second-order valence-electron chi connectivity index (χ2n) is 9.36. The zero-order valence-electron chi connectivity index (χ0n) is 22.9. The van der Waals surface area contributed by atoms with Crippen molar-refractivity contribution < 1.29 is 28.7 Å². The van der Waals surface area contributed by atoms with Crippen LogP contribution in [0.2, 0.25) is 0 Å². The van der Waals surface area contributed by atoms with Gasteiger partial charge >= 0.3 is 0 Å². The third-order valence-corrected chi connectivity index (χ3v) is 8.05. The fraction of sp³-hybridized carbons (Fsp3) is 0.0625. The summed E-state index contributed by atoms with van der Waals surface area (Å²) in [4.78, 5) is 49.4. The topological polar surface area (TPSA) is 135 Å². The number of benzene rings is 5. The number of ether oxygens (including phenoxy) is 2. The second kappa shape index (κ2) is 14.0. The summed E-state index contributed by atoms with van der Waals surface area (Å²) in [5.41, 5.74) is 9.58. The SMILES string of the molecule is O=C(COc1ccc2ccccc2c1Br)NNC(=O)c1ccc(C(=O)NNC(=O)COc2ccc3ccccc3c2Br)cc1. The van der Waals surface area contributed by atoms with Gasteiger partial charge in [-0.2, -0.15) is 0 Å². The molecule has 44 heavy (non-hydrogen) atoms. The van der Waals surface area contributed by atoms with Crippen molar-refractivity contribution >= 4 is 77.0 Å². The van der Waals surface area contributed by atoms with E-state index in [-0.39, 0.29) is 24.3 Å². The number of nitrogens with one attached hydrogen (secondary N) is 4.